The molecule has 0 radical (unpaired) electrons. The van der Waals surface area contributed by atoms with Gasteiger partial charge in [0.2, 0.25) is 0 Å². The minimum absolute atomic E-state index is 0.0336. The summed E-state index contributed by atoms with van der Waals surface area (Å²) >= 11 is 0. The van der Waals surface area contributed by atoms with E-state index in [1.165, 1.54) is 86.6 Å². The van der Waals surface area contributed by atoms with Crippen LogP contribution in [0.1, 0.15) is 13.8 Å². The zero-order valence-electron chi connectivity index (χ0n) is 36.5. The van der Waals surface area contributed by atoms with Gasteiger partial charge in [-0.25, -0.2) is 9.98 Å². The molecule has 0 aromatic heterocycles. The molecule has 0 bridgehead atoms. The minimum atomic E-state index is -4.93. The Morgan fingerprint density at radius 3 is 1.11 bits per heavy atom. The van der Waals surface area contributed by atoms with Crippen molar-refractivity contribution in [2.24, 2.45) is 55.9 Å². The number of amidine groups is 1. The van der Waals surface area contributed by atoms with Crippen molar-refractivity contribution >= 4 is 127 Å². The highest BCUT2D eigenvalue weighted by molar-refractivity contribution is 7.86. The molecule has 0 saturated heterocycles. The molecule has 0 heterocycles. The van der Waals surface area contributed by atoms with Crippen molar-refractivity contribution in [1.29, 1.82) is 0 Å². The Morgan fingerprint density at radius 1 is 0.361 bits per heavy atom. The molecule has 27 nitrogen and oxygen atoms in total. The topological polar surface area (TPSA) is 426 Å². The van der Waals surface area contributed by atoms with Crippen LogP contribution in [0.2, 0.25) is 0 Å². The third kappa shape index (κ3) is 14.8. The lowest BCUT2D eigenvalue weighted by molar-refractivity contribution is 0.481. The molecule has 0 aliphatic heterocycles. The maximum absolute atomic E-state index is 12.3. The standard InChI is InChI=1S/C41H34N12O15S4/c1-23(54)42-37-19-27(7-15-33(37)50-52-35-17-9-29(21-39(35)71(63,64)65)48-46-25-3-11-31(12-4-25)69(57,58)59)44-41(56)45-28-8-16-34(38(20-28)43-24(2)55)51-53-36-18-10-30(22-40(36)72(66,67)68)49-47-26-5-13-32(14-6-26)70(60,61)62/h3-22H,1-2H3,(H,42,54)(H,43,55)(H2,44,45,56)(H,57,58,59)(H,60,61,62)(H,63,64,65)(H,66,67,68). The Labute approximate surface area is 407 Å². The zero-order valence-corrected chi connectivity index (χ0v) is 39.8. The number of aliphatic imine (C=N–C) groups is 3. The first-order valence-electron chi connectivity index (χ1n) is 19.6. The summed E-state index contributed by atoms with van der Waals surface area (Å²) in [6, 6.07) is 23.1. The number of nitrogens with zero attached hydrogens (tertiary/aromatic N) is 11. The molecule has 8 N–H and O–H groups in total. The summed E-state index contributed by atoms with van der Waals surface area (Å²) < 4.78 is 133. The van der Waals surface area contributed by atoms with Crippen LogP contribution >= 0.6 is 0 Å². The smallest absolute Gasteiger partial charge is 0.296 e. The van der Waals surface area contributed by atoms with Crippen LogP contribution in [0.25, 0.3) is 0 Å². The Kier molecular flexibility index (Phi) is 15.9. The van der Waals surface area contributed by atoms with E-state index in [9.17, 15) is 58.1 Å². The number of hydrogen-bond donors (Lipinski definition) is 8. The number of benzene rings is 6. The molecule has 6 rings (SSSR count). The van der Waals surface area contributed by atoms with Crippen molar-refractivity contribution in [2.75, 3.05) is 5.32 Å². The first-order chi connectivity index (χ1) is 33.7. The van der Waals surface area contributed by atoms with Crippen molar-refractivity contribution in [2.45, 2.75) is 33.4 Å². The van der Waals surface area contributed by atoms with Crippen LogP contribution in [-0.2, 0) is 40.5 Å². The fourth-order valence-electron chi connectivity index (χ4n) is 5.68. The fraction of sp³-hybridized carbons (Fsp3) is 0.0488. The summed E-state index contributed by atoms with van der Waals surface area (Å²) in [6.45, 7) is 2.48. The maximum Gasteiger partial charge on any atom is 0.296 e. The Morgan fingerprint density at radius 2 is 0.708 bits per heavy atom. The SMILES string of the molecule is CC(O)=Nc1cc(N=C(O)Nc2ccc(N=Nc3ccc(N=Nc4ccc(S(=O)(=O)O)cc4)cc3S(=O)(=O)O)c(N=C(C)O)c2)ccc1N=Nc1ccc(N=Nc2ccc(S(=O)(=O)O)cc2)cc1S(=O)(=O)O. The third-order valence-electron chi connectivity index (χ3n) is 8.79. The van der Waals surface area contributed by atoms with Crippen molar-refractivity contribution in [1.82, 2.24) is 0 Å². The molecular weight excluding hydrogens is 1030 g/mol. The molecule has 0 aliphatic rings. The van der Waals surface area contributed by atoms with Gasteiger partial charge in [0.05, 0.1) is 49.6 Å². The molecule has 72 heavy (non-hydrogen) atoms. The third-order valence-corrected chi connectivity index (χ3v) is 12.3. The molecule has 0 fully saturated rings. The van der Waals surface area contributed by atoms with Crippen LogP contribution < -0.4 is 5.32 Å². The molecule has 6 aromatic carbocycles. The predicted molar refractivity (Wildman–Crippen MR) is 259 cm³/mol. The van der Waals surface area contributed by atoms with Crippen molar-refractivity contribution in [3.05, 3.63) is 121 Å². The Bertz CT molecular complexity index is 3770. The number of anilines is 1. The molecule has 0 saturated carbocycles. The summed E-state index contributed by atoms with van der Waals surface area (Å²) in [6.07, 6.45) is 0. The van der Waals surface area contributed by atoms with Crippen molar-refractivity contribution < 1.29 is 67.2 Å². The second kappa shape index (κ2) is 21.7. The lowest BCUT2D eigenvalue weighted by atomic mass is 10.2. The minimum Gasteiger partial charge on any atom is -0.497 e. The van der Waals surface area contributed by atoms with Crippen LogP contribution in [-0.4, -0.2) is 85.0 Å². The predicted octanol–water partition coefficient (Wildman–Crippen LogP) is 11.2. The summed E-state index contributed by atoms with van der Waals surface area (Å²) in [5, 5.41) is 64.9. The highest BCUT2D eigenvalue weighted by Gasteiger charge is 2.19. The summed E-state index contributed by atoms with van der Waals surface area (Å²) in [5.74, 6) is -0.883. The van der Waals surface area contributed by atoms with Gasteiger partial charge in [-0.1, -0.05) is 0 Å². The second-order valence-electron chi connectivity index (χ2n) is 14.2. The van der Waals surface area contributed by atoms with E-state index >= 15 is 0 Å². The maximum atomic E-state index is 12.3. The monoisotopic (exact) mass is 1060 g/mol. The van der Waals surface area contributed by atoms with E-state index in [4.69, 9.17) is 9.11 Å². The first kappa shape index (κ1) is 52.9. The fourth-order valence-corrected chi connectivity index (χ4v) is 7.93. The molecular formula is C41H34N12O15S4. The van der Waals surface area contributed by atoms with Gasteiger partial charge in [0.15, 0.2) is 11.8 Å². The van der Waals surface area contributed by atoms with Gasteiger partial charge >= 0.3 is 0 Å². The quantitative estimate of drug-likeness (QED) is 0.0193. The van der Waals surface area contributed by atoms with Crippen molar-refractivity contribution in [3.63, 3.8) is 0 Å². The molecule has 6 aromatic rings. The number of hydrogen-bond acceptors (Lipinski definition) is 19. The normalized spacial score (nSPS) is 13.5. The van der Waals surface area contributed by atoms with E-state index in [2.05, 4.69) is 61.2 Å². The van der Waals surface area contributed by atoms with Crippen LogP contribution in [0, 0.1) is 0 Å². The summed E-state index contributed by atoms with van der Waals surface area (Å²) in [7, 11) is -18.8. The lowest BCUT2D eigenvalue weighted by Gasteiger charge is -2.08. The van der Waals surface area contributed by atoms with Gasteiger partial charge < -0.3 is 20.6 Å². The number of nitrogens with one attached hydrogen (secondary N) is 1. The van der Waals surface area contributed by atoms with E-state index in [1.807, 2.05) is 0 Å². The van der Waals surface area contributed by atoms with E-state index in [0.717, 1.165) is 48.5 Å². The van der Waals surface area contributed by atoms with Crippen LogP contribution in [0.4, 0.5) is 68.2 Å². The molecule has 0 atom stereocenters. The number of aliphatic hydroxyl groups excluding tert-OH is 3. The number of aliphatic hydroxyl groups is 3. The number of rotatable bonds is 16. The van der Waals surface area contributed by atoms with Gasteiger partial charge in [-0.3, -0.25) is 18.2 Å². The molecule has 0 aliphatic carbocycles. The molecule has 372 valence electrons. The van der Waals surface area contributed by atoms with E-state index in [1.54, 1.807) is 0 Å². The average molecular weight is 1060 g/mol. The van der Waals surface area contributed by atoms with Gasteiger partial charge in [-0.2, -0.15) is 59.1 Å². The van der Waals surface area contributed by atoms with Crippen molar-refractivity contribution in [3.8, 4) is 0 Å². The first-order valence-corrected chi connectivity index (χ1v) is 25.3. The van der Waals surface area contributed by atoms with E-state index in [-0.39, 0.29) is 78.0 Å². The molecule has 0 amide bonds. The van der Waals surface area contributed by atoms with Crippen LogP contribution in [0.15, 0.2) is 197 Å². The molecule has 0 unspecified atom stereocenters. The van der Waals surface area contributed by atoms with E-state index in [0.29, 0.717) is 0 Å². The number of azo groups is 4. The average Bonchev–Trinajstić information content (AvgIpc) is 3.28. The molecule has 31 heteroatoms. The largest absolute Gasteiger partial charge is 0.497 e. The highest BCUT2D eigenvalue weighted by Crippen LogP contribution is 2.38. The van der Waals surface area contributed by atoms with Crippen LogP contribution in [0.5, 0.6) is 0 Å². The summed E-state index contributed by atoms with van der Waals surface area (Å²) in [5.41, 5.74) is -0.620. The van der Waals surface area contributed by atoms with E-state index < -0.39 is 68.1 Å². The zero-order chi connectivity index (χ0) is 52.6. The van der Waals surface area contributed by atoms with Gasteiger partial charge in [0.25, 0.3) is 46.5 Å². The molecule has 0 spiro atoms. The van der Waals surface area contributed by atoms with Gasteiger partial charge in [-0.05, 0) is 121 Å². The Hall–Kier alpha value is -8.43. The summed E-state index contributed by atoms with van der Waals surface area (Å²) in [4.78, 5) is 9.84. The van der Waals surface area contributed by atoms with Gasteiger partial charge in [0.1, 0.15) is 32.5 Å². The Balaban J connectivity index is 1.21. The van der Waals surface area contributed by atoms with Gasteiger partial charge in [-0.15, -0.1) is 20.5 Å². The lowest BCUT2D eigenvalue weighted by Crippen LogP contribution is -2.09. The highest BCUT2D eigenvalue weighted by atomic mass is 32.2. The van der Waals surface area contributed by atoms with Gasteiger partial charge in [0, 0.05) is 19.5 Å². The second-order valence-corrected chi connectivity index (χ2v) is 19.9. The van der Waals surface area contributed by atoms with Crippen LogP contribution in [0.3, 0.4) is 0 Å².